The first-order chi connectivity index (χ1) is 8.60. The zero-order chi connectivity index (χ0) is 13.1. The largest absolute Gasteiger partial charge is 0.495 e. The van der Waals surface area contributed by atoms with E-state index in [4.69, 9.17) is 4.74 Å². The molecule has 2 rings (SSSR count). The molecule has 1 aromatic carbocycles. The molecule has 2 N–H and O–H groups in total. The Bertz CT molecular complexity index is 622. The van der Waals surface area contributed by atoms with Crippen molar-refractivity contribution in [2.75, 3.05) is 12.4 Å². The van der Waals surface area contributed by atoms with Crippen molar-refractivity contribution in [1.29, 1.82) is 0 Å². The van der Waals surface area contributed by atoms with Gasteiger partial charge in [-0.05, 0) is 31.5 Å². The number of hydrogen-bond donors (Lipinski definition) is 2. The second-order valence-corrected chi connectivity index (χ2v) is 3.90. The molecule has 0 radical (unpaired) electrons. The molecule has 0 atom stereocenters. The molecule has 0 bridgehead atoms. The van der Waals surface area contributed by atoms with Gasteiger partial charge >= 0.3 is 5.69 Å². The number of rotatable bonds is 3. The Labute approximate surface area is 104 Å². The van der Waals surface area contributed by atoms with Gasteiger partial charge in [-0.2, -0.15) is 10.1 Å². The molecule has 2 aromatic rings. The van der Waals surface area contributed by atoms with E-state index in [2.05, 4.69) is 20.5 Å². The maximum atomic E-state index is 11.2. The molecule has 0 fully saturated rings. The molecule has 94 valence electrons. The van der Waals surface area contributed by atoms with E-state index in [-0.39, 0.29) is 0 Å². The Morgan fingerprint density at radius 1 is 1.33 bits per heavy atom. The van der Waals surface area contributed by atoms with Gasteiger partial charge in [0.25, 0.3) is 0 Å². The van der Waals surface area contributed by atoms with E-state index in [9.17, 15) is 4.79 Å². The van der Waals surface area contributed by atoms with E-state index in [1.54, 1.807) is 14.0 Å². The van der Waals surface area contributed by atoms with Crippen molar-refractivity contribution in [3.8, 4) is 5.75 Å². The monoisotopic (exact) mass is 246 g/mol. The Morgan fingerprint density at radius 3 is 2.83 bits per heavy atom. The minimum Gasteiger partial charge on any atom is -0.495 e. The van der Waals surface area contributed by atoms with Crippen molar-refractivity contribution in [1.82, 2.24) is 15.2 Å². The standard InChI is InChI=1S/C12H14N4O2/c1-7-4-5-10(18-3)9(6-7)13-11-8(2)15-16-12(17)14-11/h4-6H,1-3H3,(H2,13,14,16,17). The molecule has 0 aliphatic carbocycles. The summed E-state index contributed by atoms with van der Waals surface area (Å²) in [5, 5.41) is 9.18. The summed E-state index contributed by atoms with van der Waals surface area (Å²) < 4.78 is 5.25. The fraction of sp³-hybridized carbons (Fsp3) is 0.250. The van der Waals surface area contributed by atoms with Crippen LogP contribution in [0.25, 0.3) is 0 Å². The van der Waals surface area contributed by atoms with Crippen LogP contribution < -0.4 is 15.7 Å². The minimum atomic E-state index is -0.491. The van der Waals surface area contributed by atoms with Crippen molar-refractivity contribution in [2.24, 2.45) is 0 Å². The molecule has 1 heterocycles. The number of anilines is 2. The number of aryl methyl sites for hydroxylation is 2. The topological polar surface area (TPSA) is 79.9 Å². The highest BCUT2D eigenvalue weighted by Crippen LogP contribution is 2.28. The molecule has 0 aliphatic heterocycles. The molecule has 0 aliphatic rings. The number of aromatic amines is 1. The van der Waals surface area contributed by atoms with Crippen LogP contribution in [0.4, 0.5) is 11.5 Å². The first-order valence-corrected chi connectivity index (χ1v) is 5.45. The van der Waals surface area contributed by atoms with E-state index >= 15 is 0 Å². The molecule has 0 saturated heterocycles. The zero-order valence-electron chi connectivity index (χ0n) is 10.4. The number of benzene rings is 1. The number of nitrogens with one attached hydrogen (secondary N) is 2. The smallest absolute Gasteiger partial charge is 0.363 e. The number of methoxy groups -OCH3 is 1. The molecule has 6 heteroatoms. The molecule has 1 aromatic heterocycles. The fourth-order valence-electron chi connectivity index (χ4n) is 1.56. The van der Waals surface area contributed by atoms with Gasteiger partial charge in [0.05, 0.1) is 12.8 Å². The summed E-state index contributed by atoms with van der Waals surface area (Å²) in [7, 11) is 1.59. The third-order valence-electron chi connectivity index (χ3n) is 2.48. The predicted molar refractivity (Wildman–Crippen MR) is 68.4 cm³/mol. The van der Waals surface area contributed by atoms with Gasteiger partial charge in [-0.1, -0.05) is 6.07 Å². The van der Waals surface area contributed by atoms with E-state index in [1.807, 2.05) is 25.1 Å². The predicted octanol–water partition coefficient (Wildman–Crippen LogP) is 1.53. The van der Waals surface area contributed by atoms with E-state index < -0.39 is 5.69 Å². The van der Waals surface area contributed by atoms with Crippen molar-refractivity contribution in [3.63, 3.8) is 0 Å². The third-order valence-corrected chi connectivity index (χ3v) is 2.48. The van der Waals surface area contributed by atoms with Gasteiger partial charge in [0.1, 0.15) is 11.4 Å². The van der Waals surface area contributed by atoms with Gasteiger partial charge in [-0.3, -0.25) is 0 Å². The lowest BCUT2D eigenvalue weighted by atomic mass is 10.2. The highest BCUT2D eigenvalue weighted by Gasteiger charge is 2.07. The van der Waals surface area contributed by atoms with Crippen LogP contribution in [-0.2, 0) is 0 Å². The second kappa shape index (κ2) is 4.87. The summed E-state index contributed by atoms with van der Waals surface area (Å²) in [6, 6.07) is 5.72. The average Bonchev–Trinajstić information content (AvgIpc) is 2.34. The van der Waals surface area contributed by atoms with Crippen LogP contribution in [0, 0.1) is 13.8 Å². The Morgan fingerprint density at radius 2 is 2.11 bits per heavy atom. The van der Waals surface area contributed by atoms with Gasteiger partial charge in [-0.25, -0.2) is 9.89 Å². The Hall–Kier alpha value is -2.37. The molecule has 6 nitrogen and oxygen atoms in total. The normalized spacial score (nSPS) is 10.2. The van der Waals surface area contributed by atoms with Gasteiger partial charge in [-0.15, -0.1) is 0 Å². The van der Waals surface area contributed by atoms with Gasteiger partial charge in [0, 0.05) is 0 Å². The van der Waals surface area contributed by atoms with Crippen LogP contribution in [0.1, 0.15) is 11.3 Å². The first-order valence-electron chi connectivity index (χ1n) is 5.45. The zero-order valence-corrected chi connectivity index (χ0v) is 10.4. The summed E-state index contributed by atoms with van der Waals surface area (Å²) in [5.74, 6) is 1.10. The summed E-state index contributed by atoms with van der Waals surface area (Å²) >= 11 is 0. The van der Waals surface area contributed by atoms with E-state index in [1.165, 1.54) is 0 Å². The molecule has 0 amide bonds. The molecular weight excluding hydrogens is 232 g/mol. The number of nitrogens with zero attached hydrogens (tertiary/aromatic N) is 2. The second-order valence-electron chi connectivity index (χ2n) is 3.90. The third kappa shape index (κ3) is 2.48. The van der Waals surface area contributed by atoms with Crippen LogP contribution >= 0.6 is 0 Å². The summed E-state index contributed by atoms with van der Waals surface area (Å²) in [6.45, 7) is 3.73. The van der Waals surface area contributed by atoms with Crippen molar-refractivity contribution in [3.05, 3.63) is 39.9 Å². The molecule has 0 unspecified atom stereocenters. The Balaban J connectivity index is 2.42. The Kier molecular flexibility index (Phi) is 3.27. The first kappa shape index (κ1) is 12.1. The quantitative estimate of drug-likeness (QED) is 0.858. The van der Waals surface area contributed by atoms with Crippen LogP contribution in [0.5, 0.6) is 5.75 Å². The SMILES string of the molecule is COc1ccc(C)cc1Nc1nc(=O)[nH]nc1C. The lowest BCUT2D eigenvalue weighted by molar-refractivity contribution is 0.416. The minimum absolute atomic E-state index is 0.419. The number of ether oxygens (including phenoxy) is 1. The van der Waals surface area contributed by atoms with Gasteiger partial charge in [0.15, 0.2) is 5.82 Å². The molecule has 18 heavy (non-hydrogen) atoms. The van der Waals surface area contributed by atoms with Crippen molar-refractivity contribution in [2.45, 2.75) is 13.8 Å². The highest BCUT2D eigenvalue weighted by atomic mass is 16.5. The number of H-pyrrole nitrogens is 1. The maximum absolute atomic E-state index is 11.2. The lowest BCUT2D eigenvalue weighted by Gasteiger charge is -2.11. The van der Waals surface area contributed by atoms with Crippen LogP contribution in [0.2, 0.25) is 0 Å². The van der Waals surface area contributed by atoms with Gasteiger partial charge in [0.2, 0.25) is 0 Å². The van der Waals surface area contributed by atoms with Crippen molar-refractivity contribution >= 4 is 11.5 Å². The summed E-state index contributed by atoms with van der Waals surface area (Å²) in [6.07, 6.45) is 0. The van der Waals surface area contributed by atoms with E-state index in [0.717, 1.165) is 11.3 Å². The summed E-state index contributed by atoms with van der Waals surface area (Å²) in [4.78, 5) is 15.0. The maximum Gasteiger partial charge on any atom is 0.363 e. The van der Waals surface area contributed by atoms with E-state index in [0.29, 0.717) is 17.3 Å². The highest BCUT2D eigenvalue weighted by molar-refractivity contribution is 5.65. The average molecular weight is 246 g/mol. The number of aromatic nitrogens is 3. The van der Waals surface area contributed by atoms with Gasteiger partial charge < -0.3 is 10.1 Å². The number of hydrogen-bond acceptors (Lipinski definition) is 5. The molecular formula is C12H14N4O2. The molecule has 0 saturated carbocycles. The van der Waals surface area contributed by atoms with Crippen LogP contribution in [0.15, 0.2) is 23.0 Å². The van der Waals surface area contributed by atoms with Crippen LogP contribution in [0.3, 0.4) is 0 Å². The van der Waals surface area contributed by atoms with Crippen molar-refractivity contribution < 1.29 is 4.74 Å². The molecule has 0 spiro atoms. The van der Waals surface area contributed by atoms with Crippen LogP contribution in [-0.4, -0.2) is 22.3 Å². The fourth-order valence-corrected chi connectivity index (χ4v) is 1.56. The lowest BCUT2D eigenvalue weighted by Crippen LogP contribution is -2.15. The summed E-state index contributed by atoms with van der Waals surface area (Å²) in [5.41, 5.74) is 1.95.